The summed E-state index contributed by atoms with van der Waals surface area (Å²) in [5, 5.41) is 0. The van der Waals surface area contributed by atoms with Crippen molar-refractivity contribution >= 4 is 15.7 Å². The number of hydrogen-bond donors (Lipinski definition) is 1. The molecule has 0 aliphatic rings. The molecule has 0 bridgehead atoms. The highest BCUT2D eigenvalue weighted by molar-refractivity contribution is 7.92. The van der Waals surface area contributed by atoms with E-state index in [1.54, 1.807) is 12.1 Å². The zero-order chi connectivity index (χ0) is 16.4. The van der Waals surface area contributed by atoms with E-state index in [9.17, 15) is 21.6 Å². The first-order valence-corrected chi connectivity index (χ1v) is 7.55. The van der Waals surface area contributed by atoms with E-state index in [2.05, 4.69) is 4.72 Å². The van der Waals surface area contributed by atoms with Gasteiger partial charge in [0.1, 0.15) is 5.75 Å². The highest BCUT2D eigenvalue weighted by Gasteiger charge is 2.31. The Labute approximate surface area is 125 Å². The molecule has 2 aromatic carbocycles. The van der Waals surface area contributed by atoms with Crippen molar-refractivity contribution in [1.82, 2.24) is 0 Å². The molecule has 4 nitrogen and oxygen atoms in total. The molecule has 0 atom stereocenters. The van der Waals surface area contributed by atoms with Crippen LogP contribution in [-0.4, -0.2) is 15.5 Å². The van der Waals surface area contributed by atoms with Crippen molar-refractivity contribution < 1.29 is 26.3 Å². The highest BCUT2D eigenvalue weighted by Crippen LogP contribution is 2.31. The lowest BCUT2D eigenvalue weighted by atomic mass is 10.2. The Morgan fingerprint density at radius 2 is 1.73 bits per heavy atom. The summed E-state index contributed by atoms with van der Waals surface area (Å²) in [4.78, 5) is -0.467. The highest BCUT2D eigenvalue weighted by atomic mass is 32.2. The molecule has 1 N–H and O–H groups in total. The van der Waals surface area contributed by atoms with E-state index in [0.29, 0.717) is 11.8 Å². The van der Waals surface area contributed by atoms with Crippen molar-refractivity contribution in [3.8, 4) is 5.75 Å². The van der Waals surface area contributed by atoms with Crippen LogP contribution in [0.5, 0.6) is 5.75 Å². The third kappa shape index (κ3) is 3.70. The van der Waals surface area contributed by atoms with E-state index >= 15 is 0 Å². The van der Waals surface area contributed by atoms with Crippen molar-refractivity contribution in [3.63, 3.8) is 0 Å². The van der Waals surface area contributed by atoms with Crippen LogP contribution in [0.2, 0.25) is 0 Å². The average Bonchev–Trinajstić information content (AvgIpc) is 2.46. The molecule has 0 aliphatic heterocycles. The van der Waals surface area contributed by atoms with E-state index in [0.717, 1.165) is 18.2 Å². The van der Waals surface area contributed by atoms with Crippen LogP contribution in [-0.2, 0) is 16.2 Å². The summed E-state index contributed by atoms with van der Waals surface area (Å²) >= 11 is 0. The van der Waals surface area contributed by atoms with Crippen LogP contribution in [0.15, 0.2) is 53.4 Å². The monoisotopic (exact) mass is 331 g/mol. The fourth-order valence-corrected chi connectivity index (χ4v) is 2.84. The summed E-state index contributed by atoms with van der Waals surface area (Å²) in [6.45, 7) is 0. The third-order valence-corrected chi connectivity index (χ3v) is 4.17. The number of sulfonamides is 1. The molecule has 0 amide bonds. The predicted octanol–water partition coefficient (Wildman–Crippen LogP) is 3.51. The smallest absolute Gasteiger partial charge is 0.416 e. The van der Waals surface area contributed by atoms with Crippen molar-refractivity contribution in [1.29, 1.82) is 0 Å². The van der Waals surface area contributed by atoms with Crippen LogP contribution in [0.3, 0.4) is 0 Å². The number of methoxy groups -OCH3 is 1. The van der Waals surface area contributed by atoms with Crippen molar-refractivity contribution in [2.45, 2.75) is 11.1 Å². The summed E-state index contributed by atoms with van der Waals surface area (Å²) in [6.07, 6.45) is -4.61. The Bertz CT molecular complexity index is 773. The van der Waals surface area contributed by atoms with Gasteiger partial charge in [0.15, 0.2) is 0 Å². The van der Waals surface area contributed by atoms with Gasteiger partial charge in [0.2, 0.25) is 0 Å². The van der Waals surface area contributed by atoms with Crippen LogP contribution < -0.4 is 9.46 Å². The summed E-state index contributed by atoms with van der Waals surface area (Å²) in [6, 6.07) is 9.59. The zero-order valence-electron chi connectivity index (χ0n) is 11.4. The summed E-state index contributed by atoms with van der Waals surface area (Å²) < 4.78 is 69.4. The van der Waals surface area contributed by atoms with E-state index in [1.807, 2.05) is 0 Å². The lowest BCUT2D eigenvalue weighted by Crippen LogP contribution is -2.14. The zero-order valence-corrected chi connectivity index (χ0v) is 12.2. The van der Waals surface area contributed by atoms with Crippen molar-refractivity contribution in [2.24, 2.45) is 0 Å². The quantitative estimate of drug-likeness (QED) is 0.933. The molecule has 0 heterocycles. The summed E-state index contributed by atoms with van der Waals surface area (Å²) in [7, 11) is -2.71. The number of halogens is 3. The number of benzene rings is 2. The van der Waals surface area contributed by atoms with Crippen LogP contribution in [0.4, 0.5) is 18.9 Å². The molecule has 0 spiro atoms. The SMILES string of the molecule is COc1cccc(NS(=O)(=O)c2cccc(C(F)(F)F)c2)c1. The van der Waals surface area contributed by atoms with Crippen molar-refractivity contribution in [3.05, 3.63) is 54.1 Å². The Hall–Kier alpha value is -2.22. The molecule has 0 radical (unpaired) electrons. The van der Waals surface area contributed by atoms with Gasteiger partial charge in [-0.2, -0.15) is 13.2 Å². The maximum Gasteiger partial charge on any atom is 0.416 e. The van der Waals surface area contributed by atoms with Crippen LogP contribution in [0.1, 0.15) is 5.56 Å². The van der Waals surface area contributed by atoms with Gasteiger partial charge in [-0.3, -0.25) is 4.72 Å². The number of nitrogens with one attached hydrogen (secondary N) is 1. The maximum atomic E-state index is 12.6. The molecule has 0 saturated heterocycles. The number of rotatable bonds is 4. The molecule has 0 aromatic heterocycles. The molecule has 0 unspecified atom stereocenters. The van der Waals surface area contributed by atoms with E-state index in [1.165, 1.54) is 19.2 Å². The maximum absolute atomic E-state index is 12.6. The van der Waals surface area contributed by atoms with Crippen LogP contribution in [0.25, 0.3) is 0 Å². The Morgan fingerprint density at radius 3 is 2.36 bits per heavy atom. The topological polar surface area (TPSA) is 55.4 Å². The van der Waals surface area contributed by atoms with Gasteiger partial charge in [0.25, 0.3) is 10.0 Å². The summed E-state index contributed by atoms with van der Waals surface area (Å²) in [5.41, 5.74) is -0.835. The second-order valence-corrected chi connectivity index (χ2v) is 6.05. The van der Waals surface area contributed by atoms with Gasteiger partial charge in [-0.15, -0.1) is 0 Å². The molecule has 2 aromatic rings. The second-order valence-electron chi connectivity index (χ2n) is 4.36. The van der Waals surface area contributed by atoms with Crippen LogP contribution >= 0.6 is 0 Å². The minimum absolute atomic E-state index is 0.191. The Kier molecular flexibility index (Phi) is 4.32. The van der Waals surface area contributed by atoms with E-state index in [-0.39, 0.29) is 5.69 Å². The van der Waals surface area contributed by atoms with Gasteiger partial charge in [-0.25, -0.2) is 8.42 Å². The minimum Gasteiger partial charge on any atom is -0.497 e. The van der Waals surface area contributed by atoms with E-state index in [4.69, 9.17) is 4.74 Å². The number of anilines is 1. The molecule has 0 saturated carbocycles. The molecular weight excluding hydrogens is 319 g/mol. The molecule has 0 aliphatic carbocycles. The van der Waals surface area contributed by atoms with Gasteiger partial charge in [-0.1, -0.05) is 12.1 Å². The fourth-order valence-electron chi connectivity index (χ4n) is 1.74. The summed E-state index contributed by atoms with van der Waals surface area (Å²) in [5.74, 6) is 0.421. The minimum atomic E-state index is -4.61. The normalized spacial score (nSPS) is 12.0. The predicted molar refractivity (Wildman–Crippen MR) is 75.2 cm³/mol. The molecular formula is C14H12F3NO3S. The van der Waals surface area contributed by atoms with E-state index < -0.39 is 26.7 Å². The number of hydrogen-bond acceptors (Lipinski definition) is 3. The Morgan fingerprint density at radius 1 is 1.05 bits per heavy atom. The molecule has 0 fully saturated rings. The average molecular weight is 331 g/mol. The lowest BCUT2D eigenvalue weighted by molar-refractivity contribution is -0.137. The molecule has 2 rings (SSSR count). The first-order valence-electron chi connectivity index (χ1n) is 6.06. The van der Waals surface area contributed by atoms with Crippen molar-refractivity contribution in [2.75, 3.05) is 11.8 Å². The number of ether oxygens (including phenoxy) is 1. The standard InChI is InChI=1S/C14H12F3NO3S/c1-21-12-6-3-5-11(9-12)18-22(19,20)13-7-2-4-10(8-13)14(15,16)17/h2-9,18H,1H3. The van der Waals surface area contributed by atoms with Gasteiger partial charge in [0.05, 0.1) is 23.3 Å². The number of alkyl halides is 3. The van der Waals surface area contributed by atoms with Gasteiger partial charge >= 0.3 is 6.18 Å². The molecule has 22 heavy (non-hydrogen) atoms. The van der Waals surface area contributed by atoms with Crippen LogP contribution in [0, 0.1) is 0 Å². The fraction of sp³-hybridized carbons (Fsp3) is 0.143. The van der Waals surface area contributed by atoms with Gasteiger partial charge in [-0.05, 0) is 30.3 Å². The largest absolute Gasteiger partial charge is 0.497 e. The lowest BCUT2D eigenvalue weighted by Gasteiger charge is -2.11. The van der Waals surface area contributed by atoms with Gasteiger partial charge in [0, 0.05) is 6.07 Å². The molecule has 118 valence electrons. The molecule has 8 heteroatoms. The Balaban J connectivity index is 2.34. The second kappa shape index (κ2) is 5.88. The first-order chi connectivity index (χ1) is 10.2. The van der Waals surface area contributed by atoms with Gasteiger partial charge < -0.3 is 4.74 Å². The third-order valence-electron chi connectivity index (χ3n) is 2.79. The first kappa shape index (κ1) is 16.2.